The molecule has 1 heterocycles. The van der Waals surface area contributed by atoms with Crippen molar-refractivity contribution in [3.05, 3.63) is 53.1 Å². The van der Waals surface area contributed by atoms with Gasteiger partial charge in [-0.25, -0.2) is 8.42 Å². The topological polar surface area (TPSA) is 99.2 Å². The first-order valence-corrected chi connectivity index (χ1v) is 10.4. The Hall–Kier alpha value is -2.62. The average Bonchev–Trinajstić information content (AvgIpc) is 2.71. The third-order valence-electron chi connectivity index (χ3n) is 4.10. The maximum Gasteiger partial charge on any atom is 0.321 e. The number of nitrogens with zero attached hydrogens (tertiary/aromatic N) is 1. The number of rotatable bonds is 7. The zero-order valence-electron chi connectivity index (χ0n) is 15.5. The number of likely N-dealkylation sites (N-methyl/N-ethyl adjacent to an activating group) is 1. The van der Waals surface area contributed by atoms with Crippen molar-refractivity contribution < 1.29 is 32.2 Å². The number of sulfonamides is 1. The van der Waals surface area contributed by atoms with Crippen LogP contribution in [0.2, 0.25) is 5.02 Å². The fourth-order valence-electron chi connectivity index (χ4n) is 2.55. The maximum absolute atomic E-state index is 12.5. The minimum Gasteiger partial charge on any atom is -0.486 e. The summed E-state index contributed by atoms with van der Waals surface area (Å²) < 4.78 is 41.5. The monoisotopic (exact) mass is 439 g/mol. The first-order chi connectivity index (χ1) is 13.8. The summed E-state index contributed by atoms with van der Waals surface area (Å²) in [5.74, 6) is -0.310. The highest BCUT2D eigenvalue weighted by atomic mass is 35.5. The lowest BCUT2D eigenvalue weighted by Gasteiger charge is -2.18. The average molecular weight is 440 g/mol. The molecule has 1 aliphatic heterocycles. The van der Waals surface area contributed by atoms with E-state index in [-0.39, 0.29) is 4.90 Å². The Morgan fingerprint density at radius 1 is 1.07 bits per heavy atom. The Bertz CT molecular complexity index is 1020. The third-order valence-corrected chi connectivity index (χ3v) is 6.17. The molecule has 0 aliphatic carbocycles. The molecule has 3 rings (SSSR count). The van der Waals surface area contributed by atoms with Gasteiger partial charge < -0.3 is 14.2 Å². The minimum absolute atomic E-state index is 0.00967. The van der Waals surface area contributed by atoms with Gasteiger partial charge in [-0.3, -0.25) is 9.59 Å². The molecule has 0 bridgehead atoms. The summed E-state index contributed by atoms with van der Waals surface area (Å²) in [4.78, 5) is 24.3. The Balaban J connectivity index is 1.56. The number of hydrogen-bond donors (Lipinski definition) is 0. The Labute approximate surface area is 173 Å². The molecule has 0 unspecified atom stereocenters. The molecule has 29 heavy (non-hydrogen) atoms. The first kappa shape index (κ1) is 21.1. The summed E-state index contributed by atoms with van der Waals surface area (Å²) in [6.07, 6.45) is 0. The molecule has 0 atom stereocenters. The number of esters is 1. The van der Waals surface area contributed by atoms with Gasteiger partial charge in [0.15, 0.2) is 23.9 Å². The highest BCUT2D eigenvalue weighted by molar-refractivity contribution is 7.89. The lowest BCUT2D eigenvalue weighted by molar-refractivity contribution is -0.142. The molecule has 0 N–H and O–H groups in total. The van der Waals surface area contributed by atoms with E-state index in [2.05, 4.69) is 0 Å². The molecule has 0 saturated carbocycles. The van der Waals surface area contributed by atoms with E-state index in [0.29, 0.717) is 35.3 Å². The number of benzene rings is 2. The Morgan fingerprint density at radius 3 is 2.41 bits per heavy atom. The van der Waals surface area contributed by atoms with Crippen molar-refractivity contribution in [3.63, 3.8) is 0 Å². The van der Waals surface area contributed by atoms with Crippen molar-refractivity contribution in [1.82, 2.24) is 4.31 Å². The Kier molecular flexibility index (Phi) is 6.41. The summed E-state index contributed by atoms with van der Waals surface area (Å²) in [5, 5.41) is 0.392. The van der Waals surface area contributed by atoms with Gasteiger partial charge in [-0.1, -0.05) is 11.6 Å². The van der Waals surface area contributed by atoms with Crippen LogP contribution in [0.4, 0.5) is 0 Å². The molecule has 0 fully saturated rings. The normalized spacial score (nSPS) is 13.2. The molecule has 0 aromatic heterocycles. The van der Waals surface area contributed by atoms with Crippen molar-refractivity contribution in [2.45, 2.75) is 4.90 Å². The van der Waals surface area contributed by atoms with E-state index in [1.165, 1.54) is 37.4 Å². The van der Waals surface area contributed by atoms with E-state index >= 15 is 0 Å². The first-order valence-electron chi connectivity index (χ1n) is 8.58. The van der Waals surface area contributed by atoms with E-state index in [1.54, 1.807) is 12.1 Å². The van der Waals surface area contributed by atoms with E-state index < -0.39 is 34.9 Å². The van der Waals surface area contributed by atoms with Gasteiger partial charge in [0.1, 0.15) is 19.8 Å². The highest BCUT2D eigenvalue weighted by Crippen LogP contribution is 2.30. The highest BCUT2D eigenvalue weighted by Gasteiger charge is 2.24. The van der Waals surface area contributed by atoms with Crippen LogP contribution >= 0.6 is 11.6 Å². The number of ketones is 1. The smallest absolute Gasteiger partial charge is 0.321 e. The predicted molar refractivity (Wildman–Crippen MR) is 104 cm³/mol. The van der Waals surface area contributed by atoms with Crippen molar-refractivity contribution in [2.24, 2.45) is 0 Å². The van der Waals surface area contributed by atoms with E-state index in [4.69, 9.17) is 25.8 Å². The summed E-state index contributed by atoms with van der Waals surface area (Å²) in [6.45, 7) is -0.245. The standard InChI is InChI=1S/C19H18ClNO7S/c1-21(29(24,25)15-5-3-14(20)4-6-15)11-19(23)28-12-16(22)13-2-7-17-18(10-13)27-9-8-26-17/h2-7,10H,8-9,11-12H2,1H3. The van der Waals surface area contributed by atoms with Gasteiger partial charge in [0.05, 0.1) is 4.90 Å². The van der Waals surface area contributed by atoms with Crippen molar-refractivity contribution in [3.8, 4) is 11.5 Å². The van der Waals surface area contributed by atoms with Crippen LogP contribution in [-0.4, -0.2) is 57.9 Å². The van der Waals surface area contributed by atoms with Crippen molar-refractivity contribution in [2.75, 3.05) is 33.4 Å². The fraction of sp³-hybridized carbons (Fsp3) is 0.263. The second-order valence-electron chi connectivity index (χ2n) is 6.16. The lowest BCUT2D eigenvalue weighted by Crippen LogP contribution is -2.33. The van der Waals surface area contributed by atoms with Gasteiger partial charge in [0.25, 0.3) is 0 Å². The van der Waals surface area contributed by atoms with Crippen molar-refractivity contribution in [1.29, 1.82) is 0 Å². The van der Waals surface area contributed by atoms with Crippen LogP contribution in [0.25, 0.3) is 0 Å². The molecule has 154 valence electrons. The van der Waals surface area contributed by atoms with Crippen molar-refractivity contribution >= 4 is 33.4 Å². The summed E-state index contributed by atoms with van der Waals surface area (Å²) in [7, 11) is -2.65. The second kappa shape index (κ2) is 8.81. The van der Waals surface area contributed by atoms with Crippen LogP contribution in [0.5, 0.6) is 11.5 Å². The fourth-order valence-corrected chi connectivity index (χ4v) is 3.79. The lowest BCUT2D eigenvalue weighted by atomic mass is 10.1. The number of hydrogen-bond acceptors (Lipinski definition) is 7. The largest absolute Gasteiger partial charge is 0.486 e. The van der Waals surface area contributed by atoms with Crippen LogP contribution in [0.1, 0.15) is 10.4 Å². The summed E-state index contributed by atoms with van der Waals surface area (Å²) in [5.41, 5.74) is 0.296. The second-order valence-corrected chi connectivity index (χ2v) is 8.64. The SMILES string of the molecule is CN(CC(=O)OCC(=O)c1ccc2c(c1)OCCO2)S(=O)(=O)c1ccc(Cl)cc1. The van der Waals surface area contributed by atoms with Crippen LogP contribution in [0.15, 0.2) is 47.4 Å². The van der Waals surface area contributed by atoms with Gasteiger partial charge in [-0.2, -0.15) is 4.31 Å². The van der Waals surface area contributed by atoms with Crippen LogP contribution in [0.3, 0.4) is 0 Å². The van der Waals surface area contributed by atoms with Gasteiger partial charge in [0, 0.05) is 17.6 Å². The summed E-state index contributed by atoms with van der Waals surface area (Å²) >= 11 is 5.76. The molecule has 2 aromatic carbocycles. The molecular formula is C19H18ClNO7S. The minimum atomic E-state index is -3.89. The number of ether oxygens (including phenoxy) is 3. The molecule has 0 saturated heterocycles. The molecule has 10 heteroatoms. The number of halogens is 1. The number of carbonyl (C=O) groups excluding carboxylic acids is 2. The number of fused-ring (bicyclic) bond motifs is 1. The van der Waals surface area contributed by atoms with Gasteiger partial charge in [-0.15, -0.1) is 0 Å². The maximum atomic E-state index is 12.5. The molecule has 0 radical (unpaired) electrons. The zero-order valence-corrected chi connectivity index (χ0v) is 17.0. The van der Waals surface area contributed by atoms with Gasteiger partial charge in [0.2, 0.25) is 10.0 Å². The molecule has 0 amide bonds. The molecule has 2 aromatic rings. The molecular weight excluding hydrogens is 422 g/mol. The van der Waals surface area contributed by atoms with E-state index in [0.717, 1.165) is 4.31 Å². The molecule has 8 nitrogen and oxygen atoms in total. The molecule has 1 aliphatic rings. The zero-order chi connectivity index (χ0) is 21.0. The molecule has 0 spiro atoms. The van der Waals surface area contributed by atoms with Gasteiger partial charge in [-0.05, 0) is 42.5 Å². The Morgan fingerprint density at radius 2 is 1.72 bits per heavy atom. The van der Waals surface area contributed by atoms with Crippen LogP contribution in [-0.2, 0) is 19.6 Å². The van der Waals surface area contributed by atoms with E-state index in [9.17, 15) is 18.0 Å². The quantitative estimate of drug-likeness (QED) is 0.481. The predicted octanol–water partition coefficient (Wildman–Crippen LogP) is 2.16. The van der Waals surface area contributed by atoms with E-state index in [1.807, 2.05) is 0 Å². The third kappa shape index (κ3) is 5.06. The van der Waals surface area contributed by atoms with Crippen LogP contribution < -0.4 is 9.47 Å². The van der Waals surface area contributed by atoms with Crippen LogP contribution in [0, 0.1) is 0 Å². The number of carbonyl (C=O) groups is 2. The number of Topliss-reactive ketones (excluding diaryl/α,β-unsaturated/α-hetero) is 1. The van der Waals surface area contributed by atoms with Gasteiger partial charge >= 0.3 is 5.97 Å². The summed E-state index contributed by atoms with van der Waals surface area (Å²) in [6, 6.07) is 10.2.